The SMILES string of the molecule is [2H]c1c([2H])c([2H])c2c(oc3c([2H])c([2H])c([2H])c(-c4nc(-c5cccc(-c6ccc(-c7ccc8ccccc8c7)cc6)c5)nc(-c5cccc6c5-c5ccccc5[Si]6(C)C)n4)c32)c1[2H]. The number of fused-ring (bicyclic) bond motifs is 7. The van der Waals surface area contributed by atoms with Gasteiger partial charge in [-0.2, -0.15) is 0 Å². The Kier molecular flexibility index (Phi) is 5.82. The smallest absolute Gasteiger partial charge is 0.164 e. The molecule has 0 saturated heterocycles. The highest BCUT2D eigenvalue weighted by atomic mass is 28.3. The molecule has 0 bridgehead atoms. The van der Waals surface area contributed by atoms with E-state index in [0.29, 0.717) is 17.2 Å². The van der Waals surface area contributed by atoms with E-state index in [1.165, 1.54) is 21.1 Å². The molecule has 1 aliphatic heterocycles. The van der Waals surface area contributed by atoms with Crippen LogP contribution in [0.2, 0.25) is 13.1 Å². The van der Waals surface area contributed by atoms with Crippen molar-refractivity contribution in [2.24, 2.45) is 0 Å². The van der Waals surface area contributed by atoms with Crippen molar-refractivity contribution in [3.8, 4) is 67.5 Å². The van der Waals surface area contributed by atoms with Gasteiger partial charge >= 0.3 is 0 Å². The Bertz CT molecular complexity index is 3590. The van der Waals surface area contributed by atoms with Gasteiger partial charge in [-0.1, -0.05) is 165 Å². The fourth-order valence-corrected chi connectivity index (χ4v) is 11.4. The lowest BCUT2D eigenvalue weighted by Crippen LogP contribution is -2.49. The van der Waals surface area contributed by atoms with Gasteiger partial charge in [-0.3, -0.25) is 0 Å². The van der Waals surface area contributed by atoms with E-state index in [9.17, 15) is 1.37 Å². The van der Waals surface area contributed by atoms with Crippen LogP contribution in [0.4, 0.5) is 0 Å². The quantitative estimate of drug-likeness (QED) is 0.165. The first-order chi connectivity index (χ1) is 30.4. The van der Waals surface area contributed by atoms with Crippen molar-refractivity contribution >= 4 is 51.2 Å². The number of benzene rings is 8. The normalized spacial score (nSPS) is 14.7. The van der Waals surface area contributed by atoms with Gasteiger partial charge in [-0.05, 0) is 78.7 Å². The van der Waals surface area contributed by atoms with Crippen LogP contribution in [0, 0.1) is 0 Å². The van der Waals surface area contributed by atoms with Crippen LogP contribution in [0.25, 0.3) is 100 Å². The number of nitrogens with zero attached hydrogens (tertiary/aromatic N) is 3. The fourth-order valence-electron chi connectivity index (χ4n) is 8.27. The fraction of sp³-hybridized carbons (Fsp3) is 0.0392. The molecular formula is C51H35N3OSi. The molecule has 10 aromatic rings. The Balaban J connectivity index is 1.14. The Morgan fingerprint density at radius 1 is 0.464 bits per heavy atom. The summed E-state index contributed by atoms with van der Waals surface area (Å²) in [6.45, 7) is 4.66. The van der Waals surface area contributed by atoms with Gasteiger partial charge < -0.3 is 4.42 Å². The third-order valence-corrected chi connectivity index (χ3v) is 14.6. The molecule has 8 aromatic carbocycles. The summed E-state index contributed by atoms with van der Waals surface area (Å²) in [5.74, 6) is 0.648. The van der Waals surface area contributed by atoms with Crippen LogP contribution in [-0.2, 0) is 0 Å². The summed E-state index contributed by atoms with van der Waals surface area (Å²) in [6.07, 6.45) is 0. The molecule has 5 heteroatoms. The van der Waals surface area contributed by atoms with Crippen molar-refractivity contribution in [2.45, 2.75) is 13.1 Å². The minimum atomic E-state index is -2.12. The largest absolute Gasteiger partial charge is 0.456 e. The third kappa shape index (κ3) is 5.16. The predicted molar refractivity (Wildman–Crippen MR) is 234 cm³/mol. The Morgan fingerprint density at radius 2 is 1.09 bits per heavy atom. The monoisotopic (exact) mass is 740 g/mol. The van der Waals surface area contributed by atoms with E-state index < -0.39 is 38.3 Å². The zero-order valence-electron chi connectivity index (χ0n) is 37.5. The molecule has 56 heavy (non-hydrogen) atoms. The molecule has 0 amide bonds. The number of para-hydroxylation sites is 1. The summed E-state index contributed by atoms with van der Waals surface area (Å²) in [6, 6.07) is 42.7. The molecule has 1 aliphatic rings. The third-order valence-electron chi connectivity index (χ3n) is 11.1. The van der Waals surface area contributed by atoms with Gasteiger partial charge in [0.1, 0.15) is 19.2 Å². The van der Waals surface area contributed by atoms with Crippen LogP contribution in [0.3, 0.4) is 0 Å². The standard InChI is InChI=1S/C51H35N3OSi/c1-56(2)45-22-8-6-17-40(45)48-42(19-11-23-46(48)56)51-53-49(52-50(54-51)41-18-10-21-44-47(41)39-16-5-7-20-43(39)55-44)38-15-9-14-36(31-38)33-24-26-34(27-25-33)37-29-28-32-12-3-4-13-35(32)30-37/h3-31H,1-2H3/i5D,7D,10D,16D,18D,20D,21D. The highest BCUT2D eigenvalue weighted by molar-refractivity contribution is 7.04. The number of rotatable bonds is 5. The van der Waals surface area contributed by atoms with Gasteiger partial charge in [0.2, 0.25) is 0 Å². The second-order valence-electron chi connectivity index (χ2n) is 14.7. The van der Waals surface area contributed by atoms with Gasteiger partial charge in [0.15, 0.2) is 17.5 Å². The van der Waals surface area contributed by atoms with Crippen molar-refractivity contribution in [3.63, 3.8) is 0 Å². The minimum Gasteiger partial charge on any atom is -0.456 e. The molecular weight excluding hydrogens is 699 g/mol. The number of aromatic nitrogens is 3. The van der Waals surface area contributed by atoms with Gasteiger partial charge in [0.05, 0.1) is 9.60 Å². The van der Waals surface area contributed by atoms with Crippen molar-refractivity contribution in [1.82, 2.24) is 15.0 Å². The molecule has 0 fully saturated rings. The average molecular weight is 741 g/mol. The van der Waals surface area contributed by atoms with E-state index in [-0.39, 0.29) is 45.4 Å². The summed E-state index contributed by atoms with van der Waals surface area (Å²) in [7, 11) is -2.12. The van der Waals surface area contributed by atoms with Crippen molar-refractivity contribution in [1.29, 1.82) is 0 Å². The Hall–Kier alpha value is -6.95. The predicted octanol–water partition coefficient (Wildman–Crippen LogP) is 12.1. The molecule has 11 rings (SSSR count). The summed E-state index contributed by atoms with van der Waals surface area (Å²) in [4.78, 5) is 15.3. The van der Waals surface area contributed by atoms with Gasteiger partial charge in [-0.25, -0.2) is 15.0 Å². The lowest BCUT2D eigenvalue weighted by Gasteiger charge is -2.19. The molecule has 0 N–H and O–H groups in total. The summed E-state index contributed by atoms with van der Waals surface area (Å²) < 4.78 is 67.6. The van der Waals surface area contributed by atoms with Gasteiger partial charge in [0.25, 0.3) is 0 Å². The molecule has 0 saturated carbocycles. The van der Waals surface area contributed by atoms with Crippen molar-refractivity contribution < 1.29 is 14.0 Å². The van der Waals surface area contributed by atoms with Crippen LogP contribution in [0.1, 0.15) is 9.60 Å². The minimum absolute atomic E-state index is 0.00655. The number of hydrogen-bond donors (Lipinski definition) is 0. The maximum atomic E-state index is 9.34. The van der Waals surface area contributed by atoms with Crippen LogP contribution in [-0.4, -0.2) is 23.0 Å². The maximum absolute atomic E-state index is 9.34. The summed E-state index contributed by atoms with van der Waals surface area (Å²) >= 11 is 0. The zero-order chi connectivity index (χ0) is 43.5. The number of hydrogen-bond acceptors (Lipinski definition) is 4. The van der Waals surface area contributed by atoms with E-state index in [1.54, 1.807) is 0 Å². The first kappa shape index (κ1) is 26.0. The van der Waals surface area contributed by atoms with Crippen LogP contribution in [0.5, 0.6) is 0 Å². The lowest BCUT2D eigenvalue weighted by molar-refractivity contribution is 0.669. The zero-order valence-corrected chi connectivity index (χ0v) is 31.5. The Labute approximate surface area is 335 Å². The highest BCUT2D eigenvalue weighted by Crippen LogP contribution is 2.39. The van der Waals surface area contributed by atoms with E-state index >= 15 is 0 Å². The van der Waals surface area contributed by atoms with E-state index in [2.05, 4.69) is 92.0 Å². The van der Waals surface area contributed by atoms with Crippen molar-refractivity contribution in [2.75, 3.05) is 0 Å². The molecule has 2 aromatic heterocycles. The molecule has 0 radical (unpaired) electrons. The van der Waals surface area contributed by atoms with Crippen LogP contribution in [0.15, 0.2) is 180 Å². The molecule has 4 nitrogen and oxygen atoms in total. The second-order valence-corrected chi connectivity index (χ2v) is 19.0. The summed E-state index contributed by atoms with van der Waals surface area (Å²) in [5.41, 5.74) is 7.42. The maximum Gasteiger partial charge on any atom is 0.164 e. The Morgan fingerprint density at radius 3 is 1.95 bits per heavy atom. The second kappa shape index (κ2) is 12.6. The highest BCUT2D eigenvalue weighted by Gasteiger charge is 2.39. The molecule has 0 atom stereocenters. The van der Waals surface area contributed by atoms with Crippen LogP contribution >= 0.6 is 0 Å². The van der Waals surface area contributed by atoms with Crippen molar-refractivity contribution in [3.05, 3.63) is 176 Å². The molecule has 0 spiro atoms. The average Bonchev–Trinajstić information content (AvgIpc) is 3.82. The lowest BCUT2D eigenvalue weighted by atomic mass is 9.97. The first-order valence-electron chi connectivity index (χ1n) is 22.0. The van der Waals surface area contributed by atoms with Gasteiger partial charge in [-0.15, -0.1) is 0 Å². The topological polar surface area (TPSA) is 51.8 Å². The van der Waals surface area contributed by atoms with Crippen LogP contribution < -0.4 is 10.4 Å². The molecule has 264 valence electrons. The van der Waals surface area contributed by atoms with E-state index in [0.717, 1.165) is 38.9 Å². The molecule has 3 heterocycles. The molecule has 0 unspecified atom stereocenters. The first-order valence-corrected chi connectivity index (χ1v) is 21.5. The van der Waals surface area contributed by atoms with E-state index in [1.807, 2.05) is 54.6 Å². The van der Waals surface area contributed by atoms with E-state index in [4.69, 9.17) is 27.6 Å². The number of furan rings is 1. The molecule has 0 aliphatic carbocycles. The summed E-state index contributed by atoms with van der Waals surface area (Å²) in [5, 5.41) is 4.98. The van der Waals surface area contributed by atoms with Gasteiger partial charge in [0, 0.05) is 27.5 Å².